The first-order chi connectivity index (χ1) is 9.58. The molecule has 2 N–H and O–H groups in total. The van der Waals surface area contributed by atoms with Crippen LogP contribution in [-0.4, -0.2) is 42.8 Å². The zero-order valence-corrected chi connectivity index (χ0v) is 12.0. The number of rotatable bonds is 4. The lowest BCUT2D eigenvalue weighted by Crippen LogP contribution is -2.47. The number of anilines is 1. The standard InChI is InChI=1S/C15H22N2O3/c1-11(2)17(9-12-3-5-13(16)6-4-12)15(18)14-10-19-7-8-20-14/h3-6,11,14H,7-10,16H2,1-2H3. The molecule has 110 valence electrons. The van der Waals surface area contributed by atoms with E-state index in [1.54, 1.807) is 0 Å². The highest BCUT2D eigenvalue weighted by Gasteiger charge is 2.29. The first-order valence-corrected chi connectivity index (χ1v) is 6.92. The van der Waals surface area contributed by atoms with Crippen molar-refractivity contribution in [1.29, 1.82) is 0 Å². The molecule has 1 aliphatic heterocycles. The Morgan fingerprint density at radius 3 is 2.60 bits per heavy atom. The summed E-state index contributed by atoms with van der Waals surface area (Å²) in [5.41, 5.74) is 7.45. The summed E-state index contributed by atoms with van der Waals surface area (Å²) in [6.07, 6.45) is -0.486. The van der Waals surface area contributed by atoms with Crippen molar-refractivity contribution in [3.63, 3.8) is 0 Å². The number of nitrogens with two attached hydrogens (primary N) is 1. The van der Waals surface area contributed by atoms with Crippen molar-refractivity contribution in [1.82, 2.24) is 4.90 Å². The van der Waals surface area contributed by atoms with E-state index in [9.17, 15) is 4.79 Å². The third kappa shape index (κ3) is 3.71. The zero-order valence-electron chi connectivity index (χ0n) is 12.0. The predicted octanol–water partition coefficient (Wildman–Crippen LogP) is 1.42. The molecule has 20 heavy (non-hydrogen) atoms. The largest absolute Gasteiger partial charge is 0.399 e. The van der Waals surface area contributed by atoms with Crippen LogP contribution in [-0.2, 0) is 20.8 Å². The minimum Gasteiger partial charge on any atom is -0.399 e. The van der Waals surface area contributed by atoms with Crippen molar-refractivity contribution in [2.45, 2.75) is 32.5 Å². The van der Waals surface area contributed by atoms with Gasteiger partial charge in [0.05, 0.1) is 19.8 Å². The Kier molecular flexibility index (Phi) is 4.98. The molecular formula is C15H22N2O3. The topological polar surface area (TPSA) is 64.8 Å². The molecule has 0 aliphatic carbocycles. The molecule has 1 saturated heterocycles. The van der Waals surface area contributed by atoms with Gasteiger partial charge in [-0.25, -0.2) is 0 Å². The highest BCUT2D eigenvalue weighted by Crippen LogP contribution is 2.14. The minimum atomic E-state index is -0.486. The number of ether oxygens (including phenoxy) is 2. The lowest BCUT2D eigenvalue weighted by molar-refractivity contribution is -0.160. The zero-order chi connectivity index (χ0) is 14.5. The molecule has 5 heteroatoms. The van der Waals surface area contributed by atoms with Crippen LogP contribution in [0.25, 0.3) is 0 Å². The number of benzene rings is 1. The number of nitrogen functional groups attached to an aromatic ring is 1. The Labute approximate surface area is 119 Å². The molecule has 1 fully saturated rings. The van der Waals surface area contributed by atoms with Gasteiger partial charge >= 0.3 is 0 Å². The Morgan fingerprint density at radius 2 is 2.05 bits per heavy atom. The van der Waals surface area contributed by atoms with Gasteiger partial charge in [0, 0.05) is 18.3 Å². The van der Waals surface area contributed by atoms with E-state index in [-0.39, 0.29) is 11.9 Å². The SMILES string of the molecule is CC(C)N(Cc1ccc(N)cc1)C(=O)C1COCCO1. The van der Waals surface area contributed by atoms with Gasteiger partial charge in [-0.05, 0) is 31.5 Å². The molecule has 1 aromatic rings. The smallest absolute Gasteiger partial charge is 0.254 e. The highest BCUT2D eigenvalue weighted by atomic mass is 16.6. The van der Waals surface area contributed by atoms with Crippen molar-refractivity contribution < 1.29 is 14.3 Å². The minimum absolute atomic E-state index is 0.0171. The molecule has 5 nitrogen and oxygen atoms in total. The Balaban J connectivity index is 2.06. The van der Waals surface area contributed by atoms with Crippen molar-refractivity contribution >= 4 is 11.6 Å². The van der Waals surface area contributed by atoms with E-state index in [4.69, 9.17) is 15.2 Å². The van der Waals surface area contributed by atoms with Crippen LogP contribution in [0, 0.1) is 0 Å². The number of carbonyl (C=O) groups is 1. The quantitative estimate of drug-likeness (QED) is 0.846. The monoisotopic (exact) mass is 278 g/mol. The summed E-state index contributed by atoms with van der Waals surface area (Å²) in [7, 11) is 0. The Morgan fingerprint density at radius 1 is 1.35 bits per heavy atom. The lowest BCUT2D eigenvalue weighted by atomic mass is 10.1. The fourth-order valence-electron chi connectivity index (χ4n) is 2.15. The molecule has 1 unspecified atom stereocenters. The van der Waals surface area contributed by atoms with Crippen LogP contribution in [0.5, 0.6) is 0 Å². The molecule has 1 heterocycles. The Bertz CT molecular complexity index is 439. The average Bonchev–Trinajstić information content (AvgIpc) is 2.46. The summed E-state index contributed by atoms with van der Waals surface area (Å²) in [6.45, 7) is 5.92. The molecule has 0 spiro atoms. The van der Waals surface area contributed by atoms with E-state index in [0.717, 1.165) is 11.3 Å². The third-order valence-corrected chi connectivity index (χ3v) is 3.33. The molecule has 0 bridgehead atoms. The van der Waals surface area contributed by atoms with E-state index in [1.165, 1.54) is 0 Å². The Hall–Kier alpha value is -1.59. The molecular weight excluding hydrogens is 256 g/mol. The lowest BCUT2D eigenvalue weighted by Gasteiger charge is -2.32. The van der Waals surface area contributed by atoms with Crippen molar-refractivity contribution in [2.24, 2.45) is 0 Å². The van der Waals surface area contributed by atoms with Crippen molar-refractivity contribution in [3.8, 4) is 0 Å². The van der Waals surface area contributed by atoms with E-state index in [1.807, 2.05) is 43.0 Å². The highest BCUT2D eigenvalue weighted by molar-refractivity contribution is 5.81. The molecule has 1 aliphatic rings. The summed E-state index contributed by atoms with van der Waals surface area (Å²) in [4.78, 5) is 14.3. The molecule has 1 amide bonds. The summed E-state index contributed by atoms with van der Waals surface area (Å²) in [6, 6.07) is 7.68. The second-order valence-corrected chi connectivity index (χ2v) is 5.24. The summed E-state index contributed by atoms with van der Waals surface area (Å²) in [5, 5.41) is 0. The van der Waals surface area contributed by atoms with Crippen LogP contribution in [0.15, 0.2) is 24.3 Å². The van der Waals surface area contributed by atoms with Crippen LogP contribution in [0.4, 0.5) is 5.69 Å². The van der Waals surface area contributed by atoms with Crippen LogP contribution < -0.4 is 5.73 Å². The normalized spacial score (nSPS) is 19.1. The van der Waals surface area contributed by atoms with Crippen LogP contribution in [0.2, 0.25) is 0 Å². The fraction of sp³-hybridized carbons (Fsp3) is 0.533. The van der Waals surface area contributed by atoms with Gasteiger partial charge in [-0.1, -0.05) is 12.1 Å². The van der Waals surface area contributed by atoms with Crippen LogP contribution in [0.3, 0.4) is 0 Å². The molecule has 2 rings (SSSR count). The molecule has 0 radical (unpaired) electrons. The second kappa shape index (κ2) is 6.72. The average molecular weight is 278 g/mol. The van der Waals surface area contributed by atoms with Crippen LogP contribution in [0.1, 0.15) is 19.4 Å². The summed E-state index contributed by atoms with van der Waals surface area (Å²) >= 11 is 0. The van der Waals surface area contributed by atoms with Gasteiger partial charge in [0.1, 0.15) is 0 Å². The number of nitrogens with zero attached hydrogens (tertiary/aromatic N) is 1. The van der Waals surface area contributed by atoms with E-state index in [2.05, 4.69) is 0 Å². The maximum absolute atomic E-state index is 12.5. The predicted molar refractivity (Wildman–Crippen MR) is 77.1 cm³/mol. The second-order valence-electron chi connectivity index (χ2n) is 5.24. The first kappa shape index (κ1) is 14.8. The van der Waals surface area contributed by atoms with E-state index in [0.29, 0.717) is 26.4 Å². The van der Waals surface area contributed by atoms with Gasteiger partial charge in [-0.15, -0.1) is 0 Å². The number of hydrogen-bond donors (Lipinski definition) is 1. The van der Waals surface area contributed by atoms with Crippen molar-refractivity contribution in [2.75, 3.05) is 25.6 Å². The number of amides is 1. The van der Waals surface area contributed by atoms with E-state index < -0.39 is 6.10 Å². The third-order valence-electron chi connectivity index (χ3n) is 3.33. The number of carbonyl (C=O) groups excluding carboxylic acids is 1. The van der Waals surface area contributed by atoms with Gasteiger partial charge < -0.3 is 20.1 Å². The first-order valence-electron chi connectivity index (χ1n) is 6.92. The fourth-order valence-corrected chi connectivity index (χ4v) is 2.15. The molecule has 1 atom stereocenters. The summed E-state index contributed by atoms with van der Waals surface area (Å²) in [5.74, 6) is -0.0171. The maximum atomic E-state index is 12.5. The molecule has 1 aromatic carbocycles. The van der Waals surface area contributed by atoms with Crippen LogP contribution >= 0.6 is 0 Å². The van der Waals surface area contributed by atoms with Gasteiger partial charge in [0.15, 0.2) is 6.10 Å². The van der Waals surface area contributed by atoms with E-state index >= 15 is 0 Å². The van der Waals surface area contributed by atoms with Gasteiger partial charge in [0.25, 0.3) is 5.91 Å². The van der Waals surface area contributed by atoms with Gasteiger partial charge in [-0.3, -0.25) is 4.79 Å². The van der Waals surface area contributed by atoms with Gasteiger partial charge in [-0.2, -0.15) is 0 Å². The molecule has 0 saturated carbocycles. The number of hydrogen-bond acceptors (Lipinski definition) is 4. The summed E-state index contributed by atoms with van der Waals surface area (Å²) < 4.78 is 10.8. The van der Waals surface area contributed by atoms with Crippen molar-refractivity contribution in [3.05, 3.63) is 29.8 Å². The molecule has 0 aromatic heterocycles. The van der Waals surface area contributed by atoms with Gasteiger partial charge in [0.2, 0.25) is 0 Å². The maximum Gasteiger partial charge on any atom is 0.254 e.